The maximum absolute atomic E-state index is 11.0. The molecule has 0 fully saturated rings. The normalized spacial score (nSPS) is 10.7. The Morgan fingerprint density at radius 3 is 3.15 bits per heavy atom. The van der Waals surface area contributed by atoms with Gasteiger partial charge < -0.3 is 9.84 Å². The third-order valence-corrected chi connectivity index (χ3v) is 2.24. The minimum Gasteiger partial charge on any atom is -0.504 e. The zero-order valence-corrected chi connectivity index (χ0v) is 10.7. The number of aromatic amines is 1. The lowest BCUT2D eigenvalue weighted by molar-refractivity contribution is 0.318. The van der Waals surface area contributed by atoms with E-state index in [-0.39, 0.29) is 17.3 Å². The van der Waals surface area contributed by atoms with Crippen molar-refractivity contribution in [1.29, 1.82) is 0 Å². The van der Waals surface area contributed by atoms with Crippen LogP contribution in [-0.4, -0.2) is 33.1 Å². The van der Waals surface area contributed by atoms with Crippen LogP contribution < -0.4 is 15.7 Å². The Morgan fingerprint density at radius 2 is 2.40 bits per heavy atom. The first kappa shape index (κ1) is 13.5. The van der Waals surface area contributed by atoms with Gasteiger partial charge in [0.15, 0.2) is 11.5 Å². The summed E-state index contributed by atoms with van der Waals surface area (Å²) in [6.07, 6.45) is 2.55. The standard InChI is InChI=1S/C12H13N5O3/c1-2-20-10-5-8(3-4-9(10)18)6-13-16-12-15-11(19)7-14-17-12/h3-7,18H,2H2,1H3,(H2,15,16,17,19)/b13-6-. The third-order valence-electron chi connectivity index (χ3n) is 2.24. The third kappa shape index (κ3) is 3.55. The molecule has 20 heavy (non-hydrogen) atoms. The molecule has 8 nitrogen and oxygen atoms in total. The number of nitrogens with one attached hydrogen (secondary N) is 2. The number of phenols is 1. The van der Waals surface area contributed by atoms with Gasteiger partial charge in [0.2, 0.25) is 5.95 Å². The predicted octanol–water partition coefficient (Wildman–Crippen LogP) is 0.715. The molecular formula is C12H13N5O3. The van der Waals surface area contributed by atoms with Gasteiger partial charge >= 0.3 is 0 Å². The molecule has 1 aromatic heterocycles. The molecule has 2 rings (SSSR count). The molecule has 0 aliphatic heterocycles. The van der Waals surface area contributed by atoms with E-state index in [1.165, 1.54) is 12.3 Å². The average Bonchev–Trinajstić information content (AvgIpc) is 2.43. The molecule has 0 amide bonds. The van der Waals surface area contributed by atoms with Crippen molar-refractivity contribution in [2.24, 2.45) is 5.10 Å². The number of rotatable bonds is 5. The van der Waals surface area contributed by atoms with Crippen LogP contribution in [0.25, 0.3) is 0 Å². The highest BCUT2D eigenvalue weighted by Crippen LogP contribution is 2.26. The van der Waals surface area contributed by atoms with Crippen LogP contribution in [0, 0.1) is 0 Å². The van der Waals surface area contributed by atoms with E-state index >= 15 is 0 Å². The second kappa shape index (κ2) is 6.32. The Kier molecular flexibility index (Phi) is 4.28. The number of anilines is 1. The number of hydrazone groups is 1. The molecule has 0 atom stereocenters. The van der Waals surface area contributed by atoms with Crippen LogP contribution in [0.2, 0.25) is 0 Å². The van der Waals surface area contributed by atoms with Crippen molar-refractivity contribution in [3.63, 3.8) is 0 Å². The van der Waals surface area contributed by atoms with E-state index in [4.69, 9.17) is 4.74 Å². The summed E-state index contributed by atoms with van der Waals surface area (Å²) in [5, 5.41) is 20.6. The molecule has 104 valence electrons. The summed E-state index contributed by atoms with van der Waals surface area (Å²) in [4.78, 5) is 13.4. The molecule has 0 saturated heterocycles. The van der Waals surface area contributed by atoms with Crippen molar-refractivity contribution in [3.8, 4) is 11.5 Å². The first-order chi connectivity index (χ1) is 9.69. The van der Waals surface area contributed by atoms with Crippen LogP contribution in [0.5, 0.6) is 11.5 Å². The van der Waals surface area contributed by atoms with E-state index < -0.39 is 0 Å². The summed E-state index contributed by atoms with van der Waals surface area (Å²) in [6, 6.07) is 4.82. The van der Waals surface area contributed by atoms with Crippen LogP contribution in [0.15, 0.2) is 34.3 Å². The lowest BCUT2D eigenvalue weighted by Crippen LogP contribution is -2.10. The number of nitrogens with zero attached hydrogens (tertiary/aromatic N) is 3. The first-order valence-corrected chi connectivity index (χ1v) is 5.86. The van der Waals surface area contributed by atoms with Crippen molar-refractivity contribution < 1.29 is 9.84 Å². The van der Waals surface area contributed by atoms with Gasteiger partial charge in [0.25, 0.3) is 5.56 Å². The molecule has 2 aromatic rings. The number of ether oxygens (including phenoxy) is 1. The fourth-order valence-electron chi connectivity index (χ4n) is 1.41. The zero-order chi connectivity index (χ0) is 14.4. The van der Waals surface area contributed by atoms with Crippen LogP contribution in [-0.2, 0) is 0 Å². The van der Waals surface area contributed by atoms with Gasteiger partial charge in [-0.05, 0) is 30.7 Å². The molecule has 1 heterocycles. The molecule has 1 aromatic carbocycles. The minimum atomic E-state index is -0.374. The van der Waals surface area contributed by atoms with Gasteiger partial charge in [-0.15, -0.1) is 10.2 Å². The maximum atomic E-state index is 11.0. The van der Waals surface area contributed by atoms with Crippen molar-refractivity contribution in [2.45, 2.75) is 6.92 Å². The minimum absolute atomic E-state index is 0.0650. The molecular weight excluding hydrogens is 262 g/mol. The van der Waals surface area contributed by atoms with Gasteiger partial charge in [0.05, 0.1) is 12.8 Å². The highest BCUT2D eigenvalue weighted by molar-refractivity contribution is 5.81. The smallest absolute Gasteiger partial charge is 0.271 e. The highest BCUT2D eigenvalue weighted by atomic mass is 16.5. The van der Waals surface area contributed by atoms with Gasteiger partial charge in [-0.1, -0.05) is 0 Å². The first-order valence-electron chi connectivity index (χ1n) is 5.86. The molecule has 8 heteroatoms. The molecule has 0 radical (unpaired) electrons. The summed E-state index contributed by atoms with van der Waals surface area (Å²) in [6.45, 7) is 2.28. The van der Waals surface area contributed by atoms with Crippen molar-refractivity contribution in [1.82, 2.24) is 15.2 Å². The second-order valence-electron chi connectivity index (χ2n) is 3.71. The number of hydrogen-bond donors (Lipinski definition) is 3. The maximum Gasteiger partial charge on any atom is 0.271 e. The lowest BCUT2D eigenvalue weighted by atomic mass is 10.2. The zero-order valence-electron chi connectivity index (χ0n) is 10.7. The molecule has 0 saturated carbocycles. The second-order valence-corrected chi connectivity index (χ2v) is 3.71. The average molecular weight is 275 g/mol. The molecule has 0 spiro atoms. The molecule has 0 bridgehead atoms. The fourth-order valence-corrected chi connectivity index (χ4v) is 1.41. The molecule has 0 aliphatic rings. The van der Waals surface area contributed by atoms with Gasteiger partial charge in [0, 0.05) is 0 Å². The van der Waals surface area contributed by atoms with Crippen molar-refractivity contribution in [2.75, 3.05) is 12.0 Å². The monoisotopic (exact) mass is 275 g/mol. The SMILES string of the molecule is CCOc1cc(/C=N\Nc2nncc(=O)[nH]2)ccc1O. The van der Waals surface area contributed by atoms with E-state index in [0.29, 0.717) is 17.9 Å². The Labute approximate surface area is 114 Å². The van der Waals surface area contributed by atoms with Crippen molar-refractivity contribution in [3.05, 3.63) is 40.3 Å². The fraction of sp³-hybridized carbons (Fsp3) is 0.167. The lowest BCUT2D eigenvalue weighted by Gasteiger charge is -2.05. The molecule has 0 aliphatic carbocycles. The van der Waals surface area contributed by atoms with Gasteiger partial charge in [-0.25, -0.2) is 5.43 Å². The summed E-state index contributed by atoms with van der Waals surface area (Å²) >= 11 is 0. The van der Waals surface area contributed by atoms with E-state index in [1.807, 2.05) is 6.92 Å². The summed E-state index contributed by atoms with van der Waals surface area (Å²) in [7, 11) is 0. The van der Waals surface area contributed by atoms with E-state index in [9.17, 15) is 9.90 Å². The molecule has 3 N–H and O–H groups in total. The number of phenolic OH excluding ortho intramolecular Hbond substituents is 1. The largest absolute Gasteiger partial charge is 0.504 e. The Hall–Kier alpha value is -2.90. The van der Waals surface area contributed by atoms with Crippen LogP contribution in [0.1, 0.15) is 12.5 Å². The Morgan fingerprint density at radius 1 is 1.55 bits per heavy atom. The highest BCUT2D eigenvalue weighted by Gasteiger charge is 2.02. The number of hydrogen-bond acceptors (Lipinski definition) is 7. The number of aromatic hydroxyl groups is 1. The number of H-pyrrole nitrogens is 1. The van der Waals surface area contributed by atoms with E-state index in [1.54, 1.807) is 12.1 Å². The van der Waals surface area contributed by atoms with Gasteiger partial charge in [-0.2, -0.15) is 5.10 Å². The summed E-state index contributed by atoms with van der Waals surface area (Å²) in [5.74, 6) is 0.581. The van der Waals surface area contributed by atoms with Crippen LogP contribution in [0.4, 0.5) is 5.95 Å². The topological polar surface area (TPSA) is 112 Å². The predicted molar refractivity (Wildman–Crippen MR) is 73.1 cm³/mol. The summed E-state index contributed by atoms with van der Waals surface area (Å²) < 4.78 is 5.26. The van der Waals surface area contributed by atoms with Gasteiger partial charge in [-0.3, -0.25) is 9.78 Å². The van der Waals surface area contributed by atoms with E-state index in [0.717, 1.165) is 6.20 Å². The Balaban J connectivity index is 2.07. The van der Waals surface area contributed by atoms with Gasteiger partial charge in [0.1, 0.15) is 6.20 Å². The van der Waals surface area contributed by atoms with Crippen molar-refractivity contribution >= 4 is 12.2 Å². The number of benzene rings is 1. The molecule has 0 unspecified atom stereocenters. The van der Waals surface area contributed by atoms with E-state index in [2.05, 4.69) is 25.7 Å². The Bertz CT molecular complexity index is 668. The van der Waals surface area contributed by atoms with Crippen LogP contribution >= 0.6 is 0 Å². The number of aromatic nitrogens is 3. The quantitative estimate of drug-likeness (QED) is 0.547. The summed E-state index contributed by atoms with van der Waals surface area (Å²) in [5.41, 5.74) is 2.88. The van der Waals surface area contributed by atoms with Crippen LogP contribution in [0.3, 0.4) is 0 Å².